The van der Waals surface area contributed by atoms with Gasteiger partial charge in [0.25, 0.3) is 0 Å². The minimum atomic E-state index is -0.329. The van der Waals surface area contributed by atoms with Crippen LogP contribution in [-0.2, 0) is 0 Å². The zero-order chi connectivity index (χ0) is 20.0. The zero-order valence-corrected chi connectivity index (χ0v) is 17.2. The second-order valence-corrected chi connectivity index (χ2v) is 7.90. The summed E-state index contributed by atoms with van der Waals surface area (Å²) in [6.45, 7) is 0. The fourth-order valence-corrected chi connectivity index (χ4v) is 4.43. The smallest absolute Gasteiger partial charge is 0.213 e. The minimum absolute atomic E-state index is 0.0776. The summed E-state index contributed by atoms with van der Waals surface area (Å²) in [5.74, 6) is 1.69. The van der Waals surface area contributed by atoms with Crippen molar-refractivity contribution < 1.29 is 9.47 Å². The average Bonchev–Trinajstić information content (AvgIpc) is 3.18. The Balaban J connectivity index is 1.58. The van der Waals surface area contributed by atoms with E-state index in [1.165, 1.54) is 0 Å². The molecule has 5 rings (SSSR count). The molecule has 2 atom stereocenters. The van der Waals surface area contributed by atoms with Crippen LogP contribution in [0.2, 0.25) is 10.0 Å². The molecule has 0 spiro atoms. The first-order valence-electron chi connectivity index (χ1n) is 9.35. The lowest BCUT2D eigenvalue weighted by molar-refractivity contribution is -0.0190. The molecule has 0 saturated heterocycles. The Labute approximate surface area is 179 Å². The summed E-state index contributed by atoms with van der Waals surface area (Å²) in [7, 11) is 1.66. The monoisotopic (exact) mass is 424 g/mol. The Morgan fingerprint density at radius 3 is 2.59 bits per heavy atom. The summed E-state index contributed by atoms with van der Waals surface area (Å²) in [5.41, 5.74) is 3.96. The molecule has 2 aliphatic rings. The zero-order valence-electron chi connectivity index (χ0n) is 15.7. The normalized spacial score (nSPS) is 19.8. The molecule has 0 bridgehead atoms. The van der Waals surface area contributed by atoms with E-state index in [-0.39, 0.29) is 12.3 Å². The van der Waals surface area contributed by atoms with Crippen LogP contribution in [0.15, 0.2) is 71.8 Å². The van der Waals surface area contributed by atoms with Gasteiger partial charge in [0.1, 0.15) is 11.5 Å². The molecule has 3 aromatic rings. The Kier molecular flexibility index (Phi) is 4.61. The number of nitrogens with zero attached hydrogens (tertiary/aromatic N) is 2. The SMILES string of the molecule is COc1ccc(C2Oc3ccccc3C3CC(c4ccc(Cl)cc4Cl)=NN32)cc1. The van der Waals surface area contributed by atoms with Crippen LogP contribution in [0, 0.1) is 0 Å². The highest BCUT2D eigenvalue weighted by Gasteiger charge is 2.41. The first kappa shape index (κ1) is 18.3. The van der Waals surface area contributed by atoms with Crippen molar-refractivity contribution in [2.45, 2.75) is 18.7 Å². The maximum absolute atomic E-state index is 6.47. The number of fused-ring (bicyclic) bond motifs is 3. The van der Waals surface area contributed by atoms with Crippen molar-refractivity contribution in [1.29, 1.82) is 0 Å². The molecule has 4 nitrogen and oxygen atoms in total. The van der Waals surface area contributed by atoms with Gasteiger partial charge in [0.15, 0.2) is 0 Å². The summed E-state index contributed by atoms with van der Waals surface area (Å²) in [5, 5.41) is 8.18. The lowest BCUT2D eigenvalue weighted by Gasteiger charge is -2.38. The van der Waals surface area contributed by atoms with Gasteiger partial charge in [-0.1, -0.05) is 47.5 Å². The highest BCUT2D eigenvalue weighted by molar-refractivity contribution is 6.37. The molecule has 0 aromatic heterocycles. The van der Waals surface area contributed by atoms with E-state index in [2.05, 4.69) is 6.07 Å². The molecule has 0 N–H and O–H groups in total. The number of hydrogen-bond donors (Lipinski definition) is 0. The number of rotatable bonds is 3. The number of ether oxygens (including phenoxy) is 2. The predicted octanol–water partition coefficient (Wildman–Crippen LogP) is 6.24. The molecule has 2 aliphatic heterocycles. The maximum Gasteiger partial charge on any atom is 0.213 e. The Morgan fingerprint density at radius 1 is 1.03 bits per heavy atom. The first-order valence-corrected chi connectivity index (χ1v) is 10.1. The number of methoxy groups -OCH3 is 1. The first-order chi connectivity index (χ1) is 14.1. The van der Waals surface area contributed by atoms with Crippen molar-refractivity contribution in [1.82, 2.24) is 5.01 Å². The van der Waals surface area contributed by atoms with Gasteiger partial charge in [-0.15, -0.1) is 0 Å². The highest BCUT2D eigenvalue weighted by Crippen LogP contribution is 2.47. The molecule has 0 fully saturated rings. The third-order valence-corrected chi connectivity index (χ3v) is 5.89. The van der Waals surface area contributed by atoms with Gasteiger partial charge in [0, 0.05) is 28.1 Å². The van der Waals surface area contributed by atoms with E-state index in [9.17, 15) is 0 Å². The van der Waals surface area contributed by atoms with E-state index >= 15 is 0 Å². The molecule has 0 amide bonds. The van der Waals surface area contributed by atoms with Gasteiger partial charge in [0.05, 0.1) is 23.9 Å². The Hall–Kier alpha value is -2.69. The van der Waals surface area contributed by atoms with E-state index in [0.717, 1.165) is 40.3 Å². The summed E-state index contributed by atoms with van der Waals surface area (Å²) in [6, 6.07) is 21.6. The molecule has 6 heteroatoms. The molecule has 2 unspecified atom stereocenters. The summed E-state index contributed by atoms with van der Waals surface area (Å²) in [4.78, 5) is 0. The highest BCUT2D eigenvalue weighted by atomic mass is 35.5. The van der Waals surface area contributed by atoms with Crippen molar-refractivity contribution >= 4 is 28.9 Å². The van der Waals surface area contributed by atoms with Crippen LogP contribution in [-0.4, -0.2) is 17.8 Å². The van der Waals surface area contributed by atoms with Crippen LogP contribution in [0.5, 0.6) is 11.5 Å². The lowest BCUT2D eigenvalue weighted by Crippen LogP contribution is -2.33. The molecule has 146 valence electrons. The fraction of sp³-hybridized carbons (Fsp3) is 0.174. The fourth-order valence-electron chi connectivity index (χ4n) is 3.91. The molecule has 0 aliphatic carbocycles. The van der Waals surface area contributed by atoms with Crippen molar-refractivity contribution in [3.8, 4) is 11.5 Å². The summed E-state index contributed by atoms with van der Waals surface area (Å²) >= 11 is 12.5. The summed E-state index contributed by atoms with van der Waals surface area (Å²) < 4.78 is 11.7. The van der Waals surface area contributed by atoms with Gasteiger partial charge >= 0.3 is 0 Å². The molecule has 0 saturated carbocycles. The Bertz CT molecular complexity index is 1100. The van der Waals surface area contributed by atoms with E-state index in [0.29, 0.717) is 10.0 Å². The van der Waals surface area contributed by atoms with Crippen LogP contribution in [0.25, 0.3) is 0 Å². The van der Waals surface area contributed by atoms with E-state index < -0.39 is 0 Å². The van der Waals surface area contributed by atoms with Crippen molar-refractivity contribution in [3.63, 3.8) is 0 Å². The van der Waals surface area contributed by atoms with Crippen molar-refractivity contribution in [2.75, 3.05) is 7.11 Å². The number of halogens is 2. The maximum atomic E-state index is 6.47. The van der Waals surface area contributed by atoms with Crippen LogP contribution >= 0.6 is 23.2 Å². The van der Waals surface area contributed by atoms with Gasteiger partial charge < -0.3 is 9.47 Å². The van der Waals surface area contributed by atoms with E-state index in [1.807, 2.05) is 59.6 Å². The number of benzene rings is 3. The molecule has 29 heavy (non-hydrogen) atoms. The van der Waals surface area contributed by atoms with Crippen molar-refractivity contribution in [2.24, 2.45) is 5.10 Å². The predicted molar refractivity (Wildman–Crippen MR) is 115 cm³/mol. The second-order valence-electron chi connectivity index (χ2n) is 7.05. The van der Waals surface area contributed by atoms with Gasteiger partial charge in [-0.3, -0.25) is 0 Å². The van der Waals surface area contributed by atoms with Gasteiger partial charge in [-0.05, 0) is 42.5 Å². The second kappa shape index (κ2) is 7.29. The quantitative estimate of drug-likeness (QED) is 0.498. The number of para-hydroxylation sites is 1. The standard InChI is InChI=1S/C23H18Cl2N2O2/c1-28-16-9-6-14(7-10-16)23-27-21(18-4-2-3-5-22(18)29-23)13-20(26-27)17-11-8-15(24)12-19(17)25/h2-12,21,23H,13H2,1H3. The Morgan fingerprint density at radius 2 is 1.83 bits per heavy atom. The topological polar surface area (TPSA) is 34.1 Å². The van der Waals surface area contributed by atoms with E-state index in [1.54, 1.807) is 13.2 Å². The molecule has 0 radical (unpaired) electrons. The van der Waals surface area contributed by atoms with Gasteiger partial charge in [0.2, 0.25) is 6.23 Å². The average molecular weight is 425 g/mol. The third-order valence-electron chi connectivity index (χ3n) is 5.34. The van der Waals surface area contributed by atoms with E-state index in [4.69, 9.17) is 37.8 Å². The largest absolute Gasteiger partial charge is 0.497 e. The number of hydrazone groups is 1. The molecular formula is C23H18Cl2N2O2. The number of hydrogen-bond acceptors (Lipinski definition) is 4. The third kappa shape index (κ3) is 3.22. The van der Waals surface area contributed by atoms with Crippen LogP contribution in [0.3, 0.4) is 0 Å². The van der Waals surface area contributed by atoms with Crippen LogP contribution in [0.4, 0.5) is 0 Å². The van der Waals surface area contributed by atoms with Crippen LogP contribution in [0.1, 0.15) is 35.4 Å². The van der Waals surface area contributed by atoms with Gasteiger partial charge in [-0.2, -0.15) is 5.10 Å². The lowest BCUT2D eigenvalue weighted by atomic mass is 9.96. The molecule has 2 heterocycles. The van der Waals surface area contributed by atoms with Crippen molar-refractivity contribution in [3.05, 3.63) is 93.5 Å². The van der Waals surface area contributed by atoms with Crippen LogP contribution < -0.4 is 9.47 Å². The minimum Gasteiger partial charge on any atom is -0.497 e. The molecular weight excluding hydrogens is 407 g/mol. The summed E-state index contributed by atoms with van der Waals surface area (Å²) in [6.07, 6.45) is 0.415. The van der Waals surface area contributed by atoms with Gasteiger partial charge in [-0.25, -0.2) is 5.01 Å². The molecule has 3 aromatic carbocycles.